The minimum atomic E-state index is -0.244. The molecule has 98 valence electrons. The van der Waals surface area contributed by atoms with E-state index in [0.29, 0.717) is 21.4 Å². The van der Waals surface area contributed by atoms with Gasteiger partial charge >= 0.3 is 0 Å². The minimum Gasteiger partial charge on any atom is -0.221 e. The van der Waals surface area contributed by atoms with E-state index >= 15 is 0 Å². The van der Waals surface area contributed by atoms with E-state index in [1.165, 1.54) is 0 Å². The van der Waals surface area contributed by atoms with Crippen LogP contribution in [0.15, 0.2) is 24.3 Å². The molecular weight excluding hydrogens is 281 g/mol. The molecule has 2 rings (SSSR count). The Bertz CT molecular complexity index is 643. The Morgan fingerprint density at radius 2 is 1.74 bits per heavy atom. The summed E-state index contributed by atoms with van der Waals surface area (Å²) in [6, 6.07) is 9.28. The Hall–Kier alpha value is -1.50. The van der Waals surface area contributed by atoms with Gasteiger partial charge in [-0.05, 0) is 24.3 Å². The molecule has 0 saturated carbocycles. The summed E-state index contributed by atoms with van der Waals surface area (Å²) in [6.07, 6.45) is 0. The van der Waals surface area contributed by atoms with Crippen LogP contribution in [0.2, 0.25) is 10.2 Å². The van der Waals surface area contributed by atoms with E-state index in [-0.39, 0.29) is 5.41 Å². The third kappa shape index (κ3) is 2.60. The van der Waals surface area contributed by atoms with Crippen molar-refractivity contribution in [3.8, 4) is 11.8 Å². The van der Waals surface area contributed by atoms with Crippen LogP contribution in [-0.4, -0.2) is 9.78 Å². The van der Waals surface area contributed by atoms with Gasteiger partial charge in [0.05, 0.1) is 11.4 Å². The van der Waals surface area contributed by atoms with E-state index in [1.54, 1.807) is 16.8 Å². The Labute approximate surface area is 122 Å². The second kappa shape index (κ2) is 4.88. The second-order valence-electron chi connectivity index (χ2n) is 5.26. The van der Waals surface area contributed by atoms with Gasteiger partial charge in [0.25, 0.3) is 0 Å². The lowest BCUT2D eigenvalue weighted by molar-refractivity contribution is 0.559. The highest BCUT2D eigenvalue weighted by molar-refractivity contribution is 6.31. The van der Waals surface area contributed by atoms with Crippen LogP contribution in [0.4, 0.5) is 0 Å². The molecule has 1 aromatic heterocycles. The van der Waals surface area contributed by atoms with Crippen molar-refractivity contribution in [2.75, 3.05) is 0 Å². The van der Waals surface area contributed by atoms with E-state index in [0.717, 1.165) is 5.69 Å². The van der Waals surface area contributed by atoms with Crippen LogP contribution < -0.4 is 0 Å². The van der Waals surface area contributed by atoms with Crippen LogP contribution in [0, 0.1) is 11.3 Å². The highest BCUT2D eigenvalue weighted by atomic mass is 35.5. The molecule has 0 aliphatic rings. The summed E-state index contributed by atoms with van der Waals surface area (Å²) in [4.78, 5) is 0. The van der Waals surface area contributed by atoms with Crippen molar-refractivity contribution >= 4 is 23.2 Å². The van der Waals surface area contributed by atoms with Gasteiger partial charge in [-0.15, -0.1) is 0 Å². The normalized spacial score (nSPS) is 11.4. The smallest absolute Gasteiger partial charge is 0.150 e. The zero-order valence-electron chi connectivity index (χ0n) is 10.9. The van der Waals surface area contributed by atoms with E-state index in [2.05, 4.69) is 11.2 Å². The first-order chi connectivity index (χ1) is 8.84. The minimum absolute atomic E-state index is 0.244. The molecule has 0 aliphatic carbocycles. The molecule has 0 atom stereocenters. The Kier molecular flexibility index (Phi) is 3.58. The first-order valence-electron chi connectivity index (χ1n) is 5.79. The second-order valence-corrected chi connectivity index (χ2v) is 6.06. The summed E-state index contributed by atoms with van der Waals surface area (Å²) in [5, 5.41) is 14.7. The number of benzene rings is 1. The van der Waals surface area contributed by atoms with E-state index in [9.17, 15) is 5.26 Å². The Balaban J connectivity index is 2.64. The largest absolute Gasteiger partial charge is 0.221 e. The van der Waals surface area contributed by atoms with Gasteiger partial charge in [0, 0.05) is 10.4 Å². The maximum atomic E-state index is 9.26. The number of nitriles is 1. The van der Waals surface area contributed by atoms with Gasteiger partial charge in [-0.2, -0.15) is 10.4 Å². The molecule has 0 spiro atoms. The zero-order chi connectivity index (χ0) is 14.2. The first kappa shape index (κ1) is 13.9. The lowest BCUT2D eigenvalue weighted by Gasteiger charge is -2.15. The van der Waals surface area contributed by atoms with Crippen LogP contribution in [0.1, 0.15) is 32.0 Å². The molecule has 0 unspecified atom stereocenters. The highest BCUT2D eigenvalue weighted by Crippen LogP contribution is 2.31. The molecule has 2 aromatic rings. The number of hydrogen-bond donors (Lipinski definition) is 0. The first-order valence-corrected chi connectivity index (χ1v) is 6.55. The summed E-state index contributed by atoms with van der Waals surface area (Å²) in [5.41, 5.74) is 1.65. The van der Waals surface area contributed by atoms with Crippen molar-refractivity contribution in [1.82, 2.24) is 9.78 Å². The average Bonchev–Trinajstić information content (AvgIpc) is 2.67. The molecule has 5 heteroatoms. The molecular formula is C14H13Cl2N3. The fourth-order valence-corrected chi connectivity index (χ4v) is 2.17. The van der Waals surface area contributed by atoms with Gasteiger partial charge in [0.2, 0.25) is 0 Å². The van der Waals surface area contributed by atoms with Crippen LogP contribution in [0.25, 0.3) is 5.69 Å². The molecule has 0 saturated heterocycles. The van der Waals surface area contributed by atoms with Gasteiger partial charge in [0.1, 0.15) is 11.6 Å². The summed E-state index contributed by atoms with van der Waals surface area (Å²) in [6.45, 7) is 6.00. The summed E-state index contributed by atoms with van der Waals surface area (Å²) in [5.74, 6) is 0. The SMILES string of the molecule is CC(C)(C)c1nn(-c2ccc(Cl)cc2)c(Cl)c1C#N. The van der Waals surface area contributed by atoms with Crippen LogP contribution >= 0.6 is 23.2 Å². The number of hydrogen-bond acceptors (Lipinski definition) is 2. The van der Waals surface area contributed by atoms with Crippen LogP contribution in [-0.2, 0) is 5.41 Å². The predicted octanol–water partition coefficient (Wildman–Crippen LogP) is 4.35. The molecule has 0 fully saturated rings. The molecule has 1 aromatic carbocycles. The van der Waals surface area contributed by atoms with Gasteiger partial charge < -0.3 is 0 Å². The molecule has 0 bridgehead atoms. The maximum Gasteiger partial charge on any atom is 0.150 e. The average molecular weight is 294 g/mol. The van der Waals surface area contributed by atoms with Crippen molar-refractivity contribution in [3.05, 3.63) is 45.7 Å². The third-order valence-corrected chi connectivity index (χ3v) is 3.32. The summed E-state index contributed by atoms with van der Waals surface area (Å²) in [7, 11) is 0. The third-order valence-electron chi connectivity index (χ3n) is 2.72. The Morgan fingerprint density at radius 3 is 2.16 bits per heavy atom. The van der Waals surface area contributed by atoms with Gasteiger partial charge in [-0.25, -0.2) is 4.68 Å². The molecule has 0 radical (unpaired) electrons. The molecule has 0 N–H and O–H groups in total. The number of aromatic nitrogens is 2. The zero-order valence-corrected chi connectivity index (χ0v) is 12.4. The van der Waals surface area contributed by atoms with E-state index in [1.807, 2.05) is 32.9 Å². The van der Waals surface area contributed by atoms with Crippen LogP contribution in [0.3, 0.4) is 0 Å². The monoisotopic (exact) mass is 293 g/mol. The molecule has 3 nitrogen and oxygen atoms in total. The maximum absolute atomic E-state index is 9.26. The van der Waals surface area contributed by atoms with Gasteiger partial charge in [-0.3, -0.25) is 0 Å². The van der Waals surface area contributed by atoms with Crippen molar-refractivity contribution < 1.29 is 0 Å². The van der Waals surface area contributed by atoms with Gasteiger partial charge in [0.15, 0.2) is 5.15 Å². The van der Waals surface area contributed by atoms with E-state index < -0.39 is 0 Å². The number of nitrogens with zero attached hydrogens (tertiary/aromatic N) is 3. The van der Waals surface area contributed by atoms with E-state index in [4.69, 9.17) is 23.2 Å². The van der Waals surface area contributed by atoms with Crippen molar-refractivity contribution in [2.45, 2.75) is 26.2 Å². The Morgan fingerprint density at radius 1 is 1.16 bits per heavy atom. The lowest BCUT2D eigenvalue weighted by Crippen LogP contribution is -2.14. The highest BCUT2D eigenvalue weighted by Gasteiger charge is 2.26. The molecule has 1 heterocycles. The summed E-state index contributed by atoms with van der Waals surface area (Å²) >= 11 is 12.1. The standard InChI is InChI=1S/C14H13Cl2N3/c1-14(2,3)12-11(8-17)13(16)19(18-12)10-6-4-9(15)5-7-10/h4-7H,1-3H3. The quantitative estimate of drug-likeness (QED) is 0.784. The predicted molar refractivity (Wildman–Crippen MR) is 77.0 cm³/mol. The topological polar surface area (TPSA) is 41.6 Å². The lowest BCUT2D eigenvalue weighted by atomic mass is 9.90. The van der Waals surface area contributed by atoms with Gasteiger partial charge in [-0.1, -0.05) is 44.0 Å². The van der Waals surface area contributed by atoms with Crippen molar-refractivity contribution in [3.63, 3.8) is 0 Å². The number of rotatable bonds is 1. The molecule has 0 aliphatic heterocycles. The molecule has 19 heavy (non-hydrogen) atoms. The fraction of sp³-hybridized carbons (Fsp3) is 0.286. The number of halogens is 2. The fourth-order valence-electron chi connectivity index (χ4n) is 1.77. The summed E-state index contributed by atoms with van der Waals surface area (Å²) < 4.78 is 1.57. The van der Waals surface area contributed by atoms with Crippen molar-refractivity contribution in [1.29, 1.82) is 5.26 Å². The van der Waals surface area contributed by atoms with Crippen LogP contribution in [0.5, 0.6) is 0 Å². The van der Waals surface area contributed by atoms with Crippen molar-refractivity contribution in [2.24, 2.45) is 0 Å². The molecule has 0 amide bonds.